The van der Waals surface area contributed by atoms with Crippen molar-refractivity contribution in [2.45, 2.75) is 19.9 Å². The molecule has 3 aromatic carbocycles. The third-order valence-electron chi connectivity index (χ3n) is 5.46. The number of anilines is 1. The van der Waals surface area contributed by atoms with Crippen LogP contribution in [0.5, 0.6) is 5.75 Å². The summed E-state index contributed by atoms with van der Waals surface area (Å²) in [5, 5.41) is 11.1. The number of carbonyl (C=O) groups is 2. The summed E-state index contributed by atoms with van der Waals surface area (Å²) in [6, 6.07) is 16.8. The molecule has 1 fully saturated rings. The van der Waals surface area contributed by atoms with E-state index in [1.807, 2.05) is 19.9 Å². The maximum atomic E-state index is 13.6. The minimum Gasteiger partial charge on any atom is -0.507 e. The summed E-state index contributed by atoms with van der Waals surface area (Å²) in [4.78, 5) is 27.7. The highest BCUT2D eigenvalue weighted by molar-refractivity contribution is 6.51. The third kappa shape index (κ3) is 3.75. The van der Waals surface area contributed by atoms with E-state index in [-0.39, 0.29) is 11.3 Å². The van der Waals surface area contributed by atoms with E-state index in [1.54, 1.807) is 36.4 Å². The number of nitrogens with zero attached hydrogens (tertiary/aromatic N) is 1. The van der Waals surface area contributed by atoms with E-state index in [0.29, 0.717) is 22.6 Å². The van der Waals surface area contributed by atoms with Gasteiger partial charge in [-0.3, -0.25) is 14.5 Å². The van der Waals surface area contributed by atoms with Gasteiger partial charge in [-0.2, -0.15) is 0 Å². The maximum absolute atomic E-state index is 13.6. The molecular weight excluding hydrogens is 409 g/mol. The average molecular weight is 431 g/mol. The Bertz CT molecular complexity index is 1230. The highest BCUT2D eigenvalue weighted by Crippen LogP contribution is 2.42. The second-order valence-electron chi connectivity index (χ2n) is 7.80. The molecule has 6 heteroatoms. The van der Waals surface area contributed by atoms with Crippen molar-refractivity contribution in [3.63, 3.8) is 0 Å². The Kier molecular flexibility index (Phi) is 5.53. The molecule has 3 aromatic rings. The summed E-state index contributed by atoms with van der Waals surface area (Å²) in [5.41, 5.74) is 3.17. The fourth-order valence-corrected chi connectivity index (χ4v) is 4.07. The number of rotatable bonds is 4. The highest BCUT2D eigenvalue weighted by Gasteiger charge is 2.47. The number of carbonyl (C=O) groups excluding carboxylic acids is 2. The summed E-state index contributed by atoms with van der Waals surface area (Å²) in [5.74, 6) is -1.82. The van der Waals surface area contributed by atoms with E-state index < -0.39 is 23.5 Å². The molecule has 0 spiro atoms. The van der Waals surface area contributed by atoms with Crippen LogP contribution in [0.15, 0.2) is 72.3 Å². The average Bonchev–Trinajstić information content (AvgIpc) is 3.04. The Morgan fingerprint density at radius 1 is 0.969 bits per heavy atom. The zero-order valence-corrected chi connectivity index (χ0v) is 17.9. The van der Waals surface area contributed by atoms with E-state index >= 15 is 0 Å². The van der Waals surface area contributed by atoms with Crippen molar-refractivity contribution >= 4 is 23.1 Å². The number of ether oxygens (including phenoxy) is 1. The predicted octanol–water partition coefficient (Wildman–Crippen LogP) is 5.08. The Balaban J connectivity index is 1.96. The van der Waals surface area contributed by atoms with Crippen LogP contribution >= 0.6 is 0 Å². The third-order valence-corrected chi connectivity index (χ3v) is 5.46. The Morgan fingerprint density at radius 2 is 1.62 bits per heavy atom. The summed E-state index contributed by atoms with van der Waals surface area (Å²) >= 11 is 0. The first-order valence-corrected chi connectivity index (χ1v) is 10.1. The molecular formula is C26H22FNO4. The number of amides is 1. The number of benzene rings is 3. The number of hydrogen-bond donors (Lipinski definition) is 1. The summed E-state index contributed by atoms with van der Waals surface area (Å²) in [6.45, 7) is 3.80. The van der Waals surface area contributed by atoms with Crippen LogP contribution in [-0.4, -0.2) is 23.9 Å². The molecule has 0 aromatic heterocycles. The molecule has 1 heterocycles. The molecule has 4 rings (SSSR count). The Labute approximate surface area is 185 Å². The maximum Gasteiger partial charge on any atom is 0.300 e. The van der Waals surface area contributed by atoms with E-state index in [9.17, 15) is 19.1 Å². The Morgan fingerprint density at radius 3 is 2.25 bits per heavy atom. The fraction of sp³-hybridized carbons (Fsp3) is 0.154. The number of aliphatic hydroxyl groups is 1. The van der Waals surface area contributed by atoms with Crippen molar-refractivity contribution in [3.05, 3.63) is 100 Å². The van der Waals surface area contributed by atoms with Crippen LogP contribution < -0.4 is 9.64 Å². The number of methoxy groups -OCH3 is 1. The van der Waals surface area contributed by atoms with Gasteiger partial charge in [0.15, 0.2) is 0 Å². The number of hydrogen-bond acceptors (Lipinski definition) is 4. The van der Waals surface area contributed by atoms with Crippen molar-refractivity contribution in [2.75, 3.05) is 12.0 Å². The molecule has 1 N–H and O–H groups in total. The lowest BCUT2D eigenvalue weighted by Gasteiger charge is -2.26. The molecule has 5 nitrogen and oxygen atoms in total. The van der Waals surface area contributed by atoms with Crippen molar-refractivity contribution in [2.24, 2.45) is 0 Å². The van der Waals surface area contributed by atoms with Gasteiger partial charge in [0.2, 0.25) is 0 Å². The molecule has 1 unspecified atom stereocenters. The summed E-state index contributed by atoms with van der Waals surface area (Å²) < 4.78 is 18.9. The van der Waals surface area contributed by atoms with Gasteiger partial charge in [0.05, 0.1) is 18.7 Å². The first-order chi connectivity index (χ1) is 15.3. The fourth-order valence-electron chi connectivity index (χ4n) is 4.07. The molecule has 1 aliphatic heterocycles. The van der Waals surface area contributed by atoms with Gasteiger partial charge >= 0.3 is 0 Å². The van der Waals surface area contributed by atoms with Gasteiger partial charge in [0, 0.05) is 11.3 Å². The lowest BCUT2D eigenvalue weighted by molar-refractivity contribution is -0.132. The van der Waals surface area contributed by atoms with Gasteiger partial charge in [-0.25, -0.2) is 4.39 Å². The smallest absolute Gasteiger partial charge is 0.300 e. The quantitative estimate of drug-likeness (QED) is 0.356. The van der Waals surface area contributed by atoms with E-state index in [4.69, 9.17) is 4.74 Å². The normalized spacial score (nSPS) is 17.6. The largest absolute Gasteiger partial charge is 0.507 e. The van der Waals surface area contributed by atoms with Crippen LogP contribution in [0, 0.1) is 19.7 Å². The van der Waals surface area contributed by atoms with Gasteiger partial charge in [-0.1, -0.05) is 30.3 Å². The molecule has 0 aliphatic carbocycles. The second-order valence-corrected chi connectivity index (χ2v) is 7.80. The van der Waals surface area contributed by atoms with Gasteiger partial charge in [0.25, 0.3) is 11.7 Å². The van der Waals surface area contributed by atoms with Crippen LogP contribution in [0.25, 0.3) is 5.76 Å². The molecule has 1 atom stereocenters. The van der Waals surface area contributed by atoms with E-state index in [0.717, 1.165) is 11.1 Å². The zero-order chi connectivity index (χ0) is 23.0. The number of Topliss-reactive ketones (excluding diaryl/α,β-unsaturated/α-hetero) is 1. The van der Waals surface area contributed by atoms with Gasteiger partial charge in [-0.05, 0) is 66.9 Å². The number of aliphatic hydroxyl groups excluding tert-OH is 1. The Hall–Kier alpha value is -3.93. The van der Waals surface area contributed by atoms with E-state index in [1.165, 1.54) is 36.3 Å². The van der Waals surface area contributed by atoms with Crippen molar-refractivity contribution < 1.29 is 23.8 Å². The van der Waals surface area contributed by atoms with Crippen LogP contribution in [-0.2, 0) is 9.59 Å². The molecule has 0 bridgehead atoms. The van der Waals surface area contributed by atoms with Crippen molar-refractivity contribution in [1.29, 1.82) is 0 Å². The monoisotopic (exact) mass is 431 g/mol. The van der Waals surface area contributed by atoms with Gasteiger partial charge < -0.3 is 9.84 Å². The standard InChI is InChI=1S/C26H22FNO4/c1-15-11-16(2)13-20(12-15)28-23(17-7-9-19(27)10-8-17)22(25(30)26(28)31)24(29)18-5-4-6-21(14-18)32-3/h4-14,23,29H,1-3H3/b24-22+. The van der Waals surface area contributed by atoms with Crippen LogP contribution in [0.4, 0.5) is 10.1 Å². The van der Waals surface area contributed by atoms with Crippen LogP contribution in [0.1, 0.15) is 28.3 Å². The van der Waals surface area contributed by atoms with Crippen LogP contribution in [0.2, 0.25) is 0 Å². The molecule has 0 radical (unpaired) electrons. The molecule has 0 saturated carbocycles. The SMILES string of the molecule is COc1cccc(/C(O)=C2\C(=O)C(=O)N(c3cc(C)cc(C)c3)C2c2ccc(F)cc2)c1. The summed E-state index contributed by atoms with van der Waals surface area (Å²) in [7, 11) is 1.50. The second kappa shape index (κ2) is 8.30. The molecule has 162 valence electrons. The number of halogens is 1. The number of ketones is 1. The molecule has 1 aliphatic rings. The summed E-state index contributed by atoms with van der Waals surface area (Å²) in [6.07, 6.45) is 0. The molecule has 32 heavy (non-hydrogen) atoms. The molecule has 1 amide bonds. The minimum atomic E-state index is -0.914. The predicted molar refractivity (Wildman–Crippen MR) is 120 cm³/mol. The minimum absolute atomic E-state index is 0.0611. The van der Waals surface area contributed by atoms with Gasteiger partial charge in [-0.15, -0.1) is 0 Å². The van der Waals surface area contributed by atoms with Gasteiger partial charge in [0.1, 0.15) is 17.3 Å². The van der Waals surface area contributed by atoms with Crippen molar-refractivity contribution in [3.8, 4) is 5.75 Å². The molecule has 1 saturated heterocycles. The first-order valence-electron chi connectivity index (χ1n) is 10.1. The zero-order valence-electron chi connectivity index (χ0n) is 17.9. The highest BCUT2D eigenvalue weighted by atomic mass is 19.1. The lowest BCUT2D eigenvalue weighted by Crippen LogP contribution is -2.29. The van der Waals surface area contributed by atoms with Crippen molar-refractivity contribution in [1.82, 2.24) is 0 Å². The lowest BCUT2D eigenvalue weighted by atomic mass is 9.95. The van der Waals surface area contributed by atoms with E-state index in [2.05, 4.69) is 0 Å². The number of aryl methyl sites for hydroxylation is 2. The first kappa shape index (κ1) is 21.3. The van der Waals surface area contributed by atoms with Crippen LogP contribution in [0.3, 0.4) is 0 Å². The topological polar surface area (TPSA) is 66.8 Å².